The fourth-order valence-corrected chi connectivity index (χ4v) is 2.47. The van der Waals surface area contributed by atoms with E-state index in [0.29, 0.717) is 24.2 Å². The van der Waals surface area contributed by atoms with Gasteiger partial charge in [0.25, 0.3) is 0 Å². The fourth-order valence-electron chi connectivity index (χ4n) is 2.47. The first-order valence-corrected chi connectivity index (χ1v) is 6.51. The number of nitrogens with zero attached hydrogens (tertiary/aromatic N) is 2. The largest absolute Gasteiger partial charge is 0.504 e. The molecule has 6 heteroatoms. The van der Waals surface area contributed by atoms with Gasteiger partial charge in [-0.05, 0) is 17.7 Å². The molecule has 2 aliphatic rings. The lowest BCUT2D eigenvalue weighted by Gasteiger charge is -2.17. The van der Waals surface area contributed by atoms with Crippen molar-refractivity contribution in [2.75, 3.05) is 13.1 Å². The number of fused-ring (bicyclic) bond motifs is 1. The molecule has 1 unspecified atom stereocenters. The summed E-state index contributed by atoms with van der Waals surface area (Å²) in [5.41, 5.74) is 1.36. The molecule has 2 aliphatic heterocycles. The van der Waals surface area contributed by atoms with Crippen LogP contribution in [0.25, 0.3) is 6.08 Å². The lowest BCUT2D eigenvalue weighted by atomic mass is 10.1. The highest BCUT2D eigenvalue weighted by Gasteiger charge is 2.23. The standard InChI is InChI=1S/C14H16N2O4/c17-11-5-6-16(8-11)7-10-2-1-9-3-4-12(18)15-20-14(9)13(10)19/h1-4,11,17,19H,5-8H2,(H,15,18). The van der Waals surface area contributed by atoms with Crippen LogP contribution in [0.1, 0.15) is 17.5 Å². The lowest BCUT2D eigenvalue weighted by molar-refractivity contribution is 0.174. The summed E-state index contributed by atoms with van der Waals surface area (Å²) in [5.74, 6) is 0.0133. The average molecular weight is 276 g/mol. The van der Waals surface area contributed by atoms with Crippen molar-refractivity contribution in [2.24, 2.45) is 5.16 Å². The third-order valence-corrected chi connectivity index (χ3v) is 3.53. The number of oxime groups is 1. The van der Waals surface area contributed by atoms with E-state index in [4.69, 9.17) is 4.84 Å². The predicted octanol–water partition coefficient (Wildman–Crippen LogP) is 1.24. The van der Waals surface area contributed by atoms with Gasteiger partial charge < -0.3 is 20.2 Å². The zero-order chi connectivity index (χ0) is 14.1. The topological polar surface area (TPSA) is 85.5 Å². The molecule has 1 atom stereocenters. The Balaban J connectivity index is 1.86. The molecule has 0 saturated carbocycles. The molecule has 0 aromatic heterocycles. The summed E-state index contributed by atoms with van der Waals surface area (Å²) in [5, 5.41) is 32.6. The van der Waals surface area contributed by atoms with Gasteiger partial charge in [-0.1, -0.05) is 12.1 Å². The molecule has 0 radical (unpaired) electrons. The Labute approximate surface area is 116 Å². The van der Waals surface area contributed by atoms with Crippen LogP contribution in [0.2, 0.25) is 0 Å². The number of likely N-dealkylation sites (tertiary alicyclic amines) is 1. The maximum Gasteiger partial charge on any atom is 0.248 e. The number of phenolic OH excluding ortho intramolecular Hbond substituents is 1. The smallest absolute Gasteiger partial charge is 0.248 e. The van der Waals surface area contributed by atoms with Crippen LogP contribution in [-0.2, 0) is 6.54 Å². The first-order chi connectivity index (χ1) is 9.63. The molecule has 3 N–H and O–H groups in total. The zero-order valence-corrected chi connectivity index (χ0v) is 10.9. The number of phenols is 1. The number of aliphatic hydroxyl groups is 2. The number of benzene rings is 1. The zero-order valence-electron chi connectivity index (χ0n) is 10.9. The lowest BCUT2D eigenvalue weighted by Crippen LogP contribution is -2.21. The van der Waals surface area contributed by atoms with Crippen LogP contribution in [0.5, 0.6) is 11.5 Å². The highest BCUT2D eigenvalue weighted by Crippen LogP contribution is 2.36. The maximum atomic E-state index is 10.3. The van der Waals surface area contributed by atoms with Gasteiger partial charge in [0.05, 0.1) is 6.10 Å². The highest BCUT2D eigenvalue weighted by molar-refractivity contribution is 5.91. The van der Waals surface area contributed by atoms with Gasteiger partial charge in [-0.15, -0.1) is 0 Å². The van der Waals surface area contributed by atoms with Crippen LogP contribution in [0.4, 0.5) is 0 Å². The number of aliphatic hydroxyl groups excluding tert-OH is 2. The molecular weight excluding hydrogens is 260 g/mol. The molecule has 3 rings (SSSR count). The summed E-state index contributed by atoms with van der Waals surface area (Å²) in [7, 11) is 0. The minimum absolute atomic E-state index is 0.0204. The molecule has 106 valence electrons. The predicted molar refractivity (Wildman–Crippen MR) is 73.7 cm³/mol. The van der Waals surface area contributed by atoms with Crippen LogP contribution in [0, 0.1) is 0 Å². The van der Waals surface area contributed by atoms with Gasteiger partial charge in [0.2, 0.25) is 11.6 Å². The van der Waals surface area contributed by atoms with Crippen LogP contribution in [-0.4, -0.2) is 45.3 Å². The van der Waals surface area contributed by atoms with Crippen molar-refractivity contribution in [2.45, 2.75) is 19.1 Å². The van der Waals surface area contributed by atoms with Crippen molar-refractivity contribution < 1.29 is 20.2 Å². The molecule has 0 bridgehead atoms. The van der Waals surface area contributed by atoms with Crippen LogP contribution in [0.15, 0.2) is 23.4 Å². The molecule has 20 heavy (non-hydrogen) atoms. The first kappa shape index (κ1) is 13.0. The Morgan fingerprint density at radius 3 is 2.90 bits per heavy atom. The van der Waals surface area contributed by atoms with Gasteiger partial charge in [0.1, 0.15) is 0 Å². The minimum Gasteiger partial charge on any atom is -0.504 e. The number of rotatable bonds is 2. The number of hydrogen-bond acceptors (Lipinski definition) is 5. The maximum absolute atomic E-state index is 10.3. The first-order valence-electron chi connectivity index (χ1n) is 6.51. The van der Waals surface area contributed by atoms with Crippen molar-refractivity contribution in [3.05, 3.63) is 29.3 Å². The molecule has 0 aliphatic carbocycles. The van der Waals surface area contributed by atoms with E-state index < -0.39 is 0 Å². The van der Waals surface area contributed by atoms with Gasteiger partial charge in [0.15, 0.2) is 5.75 Å². The summed E-state index contributed by atoms with van der Waals surface area (Å²) in [6.45, 7) is 1.95. The van der Waals surface area contributed by atoms with Gasteiger partial charge in [0, 0.05) is 36.8 Å². The van der Waals surface area contributed by atoms with Gasteiger partial charge in [-0.3, -0.25) is 4.90 Å². The second-order valence-electron chi connectivity index (χ2n) is 5.04. The van der Waals surface area contributed by atoms with Crippen molar-refractivity contribution in [3.63, 3.8) is 0 Å². The normalized spacial score (nSPS) is 22.1. The quantitative estimate of drug-likeness (QED) is 0.756. The summed E-state index contributed by atoms with van der Waals surface area (Å²) >= 11 is 0. The SMILES string of the molecule is OC1=NOc2c(ccc(CN3CCC(O)C3)c2O)C=C1. The van der Waals surface area contributed by atoms with Crippen molar-refractivity contribution in [1.29, 1.82) is 0 Å². The number of aromatic hydroxyl groups is 1. The number of β-amino-alcohol motifs (C(OH)–C–C–N with tert-alkyl or cyclic N) is 1. The molecule has 0 amide bonds. The summed E-state index contributed by atoms with van der Waals surface area (Å²) in [6, 6.07) is 3.62. The average Bonchev–Trinajstić information content (AvgIpc) is 2.73. The molecule has 1 saturated heterocycles. The van der Waals surface area contributed by atoms with E-state index in [9.17, 15) is 15.3 Å². The van der Waals surface area contributed by atoms with Crippen molar-refractivity contribution in [1.82, 2.24) is 4.90 Å². The third kappa shape index (κ3) is 2.48. The highest BCUT2D eigenvalue weighted by atomic mass is 16.6. The Kier molecular flexibility index (Phi) is 3.33. The van der Waals surface area contributed by atoms with Gasteiger partial charge >= 0.3 is 0 Å². The van der Waals surface area contributed by atoms with Gasteiger partial charge in [-0.25, -0.2) is 0 Å². The molecule has 1 aromatic rings. The molecular formula is C14H16N2O4. The Hall–Kier alpha value is -2.05. The molecule has 6 nitrogen and oxygen atoms in total. The van der Waals surface area contributed by atoms with Crippen LogP contribution < -0.4 is 4.84 Å². The molecule has 1 aromatic carbocycles. The fraction of sp³-hybridized carbons (Fsp3) is 0.357. The van der Waals surface area contributed by atoms with Crippen LogP contribution >= 0.6 is 0 Å². The van der Waals surface area contributed by atoms with E-state index in [1.54, 1.807) is 6.08 Å². The Bertz CT molecular complexity index is 583. The third-order valence-electron chi connectivity index (χ3n) is 3.53. The monoisotopic (exact) mass is 276 g/mol. The number of hydrogen-bond donors (Lipinski definition) is 3. The second kappa shape index (κ2) is 5.15. The van der Waals surface area contributed by atoms with E-state index in [-0.39, 0.29) is 23.5 Å². The molecule has 0 spiro atoms. The van der Waals surface area contributed by atoms with Crippen molar-refractivity contribution >= 4 is 12.0 Å². The summed E-state index contributed by atoms with van der Waals surface area (Å²) < 4.78 is 0. The summed E-state index contributed by atoms with van der Waals surface area (Å²) in [6.07, 6.45) is 3.49. The molecule has 1 fully saturated rings. The van der Waals surface area contributed by atoms with Crippen molar-refractivity contribution in [3.8, 4) is 11.5 Å². The molecule has 2 heterocycles. The van der Waals surface area contributed by atoms with Crippen LogP contribution in [0.3, 0.4) is 0 Å². The Morgan fingerprint density at radius 2 is 2.15 bits per heavy atom. The summed E-state index contributed by atoms with van der Waals surface area (Å²) in [4.78, 5) is 7.14. The van der Waals surface area contributed by atoms with E-state index >= 15 is 0 Å². The van der Waals surface area contributed by atoms with E-state index in [2.05, 4.69) is 10.1 Å². The second-order valence-corrected chi connectivity index (χ2v) is 5.04. The van der Waals surface area contributed by atoms with E-state index in [1.807, 2.05) is 12.1 Å². The Morgan fingerprint density at radius 1 is 1.30 bits per heavy atom. The minimum atomic E-state index is -0.293. The van der Waals surface area contributed by atoms with E-state index in [0.717, 1.165) is 13.0 Å². The van der Waals surface area contributed by atoms with Gasteiger partial charge in [-0.2, -0.15) is 0 Å². The van der Waals surface area contributed by atoms with E-state index in [1.165, 1.54) is 6.08 Å².